The van der Waals surface area contributed by atoms with Gasteiger partial charge in [-0.3, -0.25) is 9.48 Å². The van der Waals surface area contributed by atoms with E-state index in [2.05, 4.69) is 11.2 Å². The molecule has 0 atom stereocenters. The van der Waals surface area contributed by atoms with Gasteiger partial charge >= 0.3 is 0 Å². The van der Waals surface area contributed by atoms with Gasteiger partial charge in [0.2, 0.25) is 0 Å². The highest BCUT2D eigenvalue weighted by atomic mass is 19.1. The van der Waals surface area contributed by atoms with Gasteiger partial charge in [-0.1, -0.05) is 25.0 Å². The molecule has 0 bridgehead atoms. The third kappa shape index (κ3) is 3.32. The van der Waals surface area contributed by atoms with Crippen LogP contribution in [-0.4, -0.2) is 26.6 Å². The molecule has 2 aromatic rings. The van der Waals surface area contributed by atoms with Gasteiger partial charge in [-0.15, -0.1) is 0 Å². The molecule has 0 unspecified atom stereocenters. The van der Waals surface area contributed by atoms with E-state index in [1.54, 1.807) is 18.2 Å². The molecule has 4 rings (SSSR count). The molecule has 2 saturated carbocycles. The molecular formula is C20H24FN3O. The van der Waals surface area contributed by atoms with Crippen molar-refractivity contribution in [3.8, 4) is 0 Å². The first-order valence-corrected chi connectivity index (χ1v) is 9.22. The van der Waals surface area contributed by atoms with Gasteiger partial charge in [0.05, 0.1) is 17.8 Å². The number of carbonyl (C=O) groups excluding carboxylic acids is 1. The molecule has 0 radical (unpaired) electrons. The lowest BCUT2D eigenvalue weighted by molar-refractivity contribution is 0.0656. The summed E-state index contributed by atoms with van der Waals surface area (Å²) in [5, 5.41) is 4.61. The first-order chi connectivity index (χ1) is 12.1. The molecule has 2 aliphatic carbocycles. The third-order valence-electron chi connectivity index (χ3n) is 5.43. The number of aromatic nitrogens is 2. The van der Waals surface area contributed by atoms with E-state index < -0.39 is 5.82 Å². The molecule has 1 aromatic carbocycles. The third-order valence-corrected chi connectivity index (χ3v) is 5.43. The maximum atomic E-state index is 14.1. The molecule has 0 N–H and O–H groups in total. The van der Waals surface area contributed by atoms with Crippen molar-refractivity contribution < 1.29 is 9.18 Å². The second-order valence-electron chi connectivity index (χ2n) is 7.31. The molecule has 4 nitrogen and oxygen atoms in total. The maximum absolute atomic E-state index is 14.1. The van der Waals surface area contributed by atoms with Gasteiger partial charge in [0.15, 0.2) is 0 Å². The quantitative estimate of drug-likeness (QED) is 0.824. The van der Waals surface area contributed by atoms with Crippen molar-refractivity contribution in [3.05, 3.63) is 53.1 Å². The number of amides is 1. The zero-order valence-corrected chi connectivity index (χ0v) is 14.6. The largest absolute Gasteiger partial charge is 0.330 e. The van der Waals surface area contributed by atoms with Crippen LogP contribution in [0.25, 0.3) is 0 Å². The summed E-state index contributed by atoms with van der Waals surface area (Å²) in [7, 11) is 1.97. The van der Waals surface area contributed by atoms with Crippen LogP contribution in [0, 0.1) is 5.82 Å². The van der Waals surface area contributed by atoms with Crippen molar-refractivity contribution in [3.63, 3.8) is 0 Å². The summed E-state index contributed by atoms with van der Waals surface area (Å²) in [6.45, 7) is 0.457. The van der Waals surface area contributed by atoms with E-state index >= 15 is 0 Å². The Morgan fingerprint density at radius 3 is 2.64 bits per heavy atom. The highest BCUT2D eigenvalue weighted by Gasteiger charge is 2.31. The van der Waals surface area contributed by atoms with Crippen LogP contribution in [-0.2, 0) is 13.6 Å². The fraction of sp³-hybridized carbons (Fsp3) is 0.500. The number of rotatable bonds is 5. The molecule has 0 saturated heterocycles. The number of hydrogen-bond acceptors (Lipinski definition) is 2. The number of nitrogens with zero attached hydrogens (tertiary/aromatic N) is 3. The molecule has 25 heavy (non-hydrogen) atoms. The van der Waals surface area contributed by atoms with E-state index in [1.807, 2.05) is 16.6 Å². The maximum Gasteiger partial charge on any atom is 0.257 e. The van der Waals surface area contributed by atoms with E-state index in [4.69, 9.17) is 0 Å². The number of aryl methyl sites for hydroxylation is 1. The molecule has 0 spiro atoms. The summed E-state index contributed by atoms with van der Waals surface area (Å²) in [6.07, 6.45) is 6.67. The fourth-order valence-electron chi connectivity index (χ4n) is 3.93. The van der Waals surface area contributed by atoms with Crippen molar-refractivity contribution in [1.29, 1.82) is 0 Å². The van der Waals surface area contributed by atoms with Crippen molar-refractivity contribution >= 4 is 5.91 Å². The van der Waals surface area contributed by atoms with Gasteiger partial charge in [0, 0.05) is 24.7 Å². The topological polar surface area (TPSA) is 38.1 Å². The monoisotopic (exact) mass is 341 g/mol. The number of benzene rings is 1. The van der Waals surface area contributed by atoms with Gasteiger partial charge in [-0.2, -0.15) is 5.10 Å². The van der Waals surface area contributed by atoms with E-state index in [0.29, 0.717) is 12.5 Å². The first kappa shape index (κ1) is 16.3. The van der Waals surface area contributed by atoms with Crippen LogP contribution < -0.4 is 0 Å². The lowest BCUT2D eigenvalue weighted by atomic mass is 10.1. The van der Waals surface area contributed by atoms with Gasteiger partial charge in [0.1, 0.15) is 5.82 Å². The Morgan fingerprint density at radius 2 is 1.96 bits per heavy atom. The van der Waals surface area contributed by atoms with Crippen LogP contribution >= 0.6 is 0 Å². The second kappa shape index (κ2) is 6.62. The second-order valence-corrected chi connectivity index (χ2v) is 7.31. The van der Waals surface area contributed by atoms with E-state index in [-0.39, 0.29) is 17.5 Å². The Labute approximate surface area is 147 Å². The Morgan fingerprint density at radius 1 is 1.24 bits per heavy atom. The highest BCUT2D eigenvalue weighted by Crippen LogP contribution is 2.40. The standard InChI is InChI=1S/C20H24FN3O/c1-23-19(14-10-11-14)12-15(22-23)13-24(16-6-2-3-7-16)20(25)17-8-4-5-9-18(17)21/h4-5,8-9,12,14,16H,2-3,6-7,10-11,13H2,1H3. The molecule has 2 aliphatic rings. The zero-order chi connectivity index (χ0) is 17.4. The van der Waals surface area contributed by atoms with Crippen molar-refractivity contribution in [1.82, 2.24) is 14.7 Å². The normalized spacial score (nSPS) is 17.8. The lowest BCUT2D eigenvalue weighted by Crippen LogP contribution is -2.38. The smallest absolute Gasteiger partial charge is 0.257 e. The van der Waals surface area contributed by atoms with E-state index in [9.17, 15) is 9.18 Å². The van der Waals surface area contributed by atoms with Crippen LogP contribution in [0.2, 0.25) is 0 Å². The molecule has 5 heteroatoms. The minimum absolute atomic E-state index is 0.160. The van der Waals surface area contributed by atoms with Gasteiger partial charge in [-0.25, -0.2) is 4.39 Å². The summed E-state index contributed by atoms with van der Waals surface area (Å²) < 4.78 is 16.1. The predicted molar refractivity (Wildman–Crippen MR) is 93.7 cm³/mol. The average molecular weight is 341 g/mol. The van der Waals surface area contributed by atoms with Crippen molar-refractivity contribution in [2.24, 2.45) is 7.05 Å². The van der Waals surface area contributed by atoms with Crippen LogP contribution in [0.1, 0.15) is 66.2 Å². The number of hydrogen-bond donors (Lipinski definition) is 0. The summed E-state index contributed by atoms with van der Waals surface area (Å²) in [4.78, 5) is 14.9. The molecule has 1 heterocycles. The average Bonchev–Trinajstić information content (AvgIpc) is 3.16. The minimum Gasteiger partial charge on any atom is -0.330 e. The van der Waals surface area contributed by atoms with E-state index in [1.165, 1.54) is 24.6 Å². The molecule has 0 aliphatic heterocycles. The SMILES string of the molecule is Cn1nc(CN(C(=O)c2ccccc2F)C2CCCC2)cc1C1CC1. The van der Waals surface area contributed by atoms with Crippen LogP contribution in [0.3, 0.4) is 0 Å². The van der Waals surface area contributed by atoms with Crippen LogP contribution in [0.15, 0.2) is 30.3 Å². The number of carbonyl (C=O) groups is 1. The molecule has 1 amide bonds. The summed E-state index contributed by atoms with van der Waals surface area (Å²) in [5.41, 5.74) is 2.31. The zero-order valence-electron chi connectivity index (χ0n) is 14.6. The Balaban J connectivity index is 1.61. The fourth-order valence-corrected chi connectivity index (χ4v) is 3.93. The van der Waals surface area contributed by atoms with Gasteiger partial charge < -0.3 is 4.90 Å². The summed E-state index contributed by atoms with van der Waals surface area (Å²) >= 11 is 0. The summed E-state index contributed by atoms with van der Waals surface area (Å²) in [5.74, 6) is -0.0488. The van der Waals surface area contributed by atoms with Gasteiger partial charge in [0.25, 0.3) is 5.91 Å². The van der Waals surface area contributed by atoms with Crippen LogP contribution in [0.5, 0.6) is 0 Å². The Bertz CT molecular complexity index is 775. The van der Waals surface area contributed by atoms with E-state index in [0.717, 1.165) is 31.4 Å². The Kier molecular flexibility index (Phi) is 4.32. The molecule has 132 valence electrons. The Hall–Kier alpha value is -2.17. The molecule has 2 fully saturated rings. The number of halogens is 1. The lowest BCUT2D eigenvalue weighted by Gasteiger charge is -2.28. The minimum atomic E-state index is -0.449. The predicted octanol–water partition coefficient (Wildman–Crippen LogP) is 4.02. The van der Waals surface area contributed by atoms with Crippen molar-refractivity contribution in [2.75, 3.05) is 0 Å². The molecular weight excluding hydrogens is 317 g/mol. The summed E-state index contributed by atoms with van der Waals surface area (Å²) in [6, 6.07) is 8.56. The molecule has 1 aromatic heterocycles. The van der Waals surface area contributed by atoms with Crippen molar-refractivity contribution in [2.45, 2.75) is 57.0 Å². The van der Waals surface area contributed by atoms with Crippen LogP contribution in [0.4, 0.5) is 4.39 Å². The highest BCUT2D eigenvalue weighted by molar-refractivity contribution is 5.94. The van der Waals surface area contributed by atoms with Gasteiger partial charge in [-0.05, 0) is 43.9 Å². The first-order valence-electron chi connectivity index (χ1n) is 9.22.